The second-order valence-electron chi connectivity index (χ2n) is 5.19. The molecular formula is C16H19N5O2S. The third kappa shape index (κ3) is 3.60. The van der Waals surface area contributed by atoms with Crippen LogP contribution in [0.5, 0.6) is 0 Å². The van der Waals surface area contributed by atoms with Crippen LogP contribution < -0.4 is 16.8 Å². The highest BCUT2D eigenvalue weighted by Gasteiger charge is 2.24. The molecule has 0 spiro atoms. The van der Waals surface area contributed by atoms with E-state index in [0.29, 0.717) is 12.1 Å². The normalized spacial score (nSPS) is 11.7. The third-order valence-electron chi connectivity index (χ3n) is 3.46. The molecular weight excluding hydrogens is 326 g/mol. The molecule has 0 bridgehead atoms. The van der Waals surface area contributed by atoms with Crippen molar-refractivity contribution < 1.29 is 9.59 Å². The molecule has 0 fully saturated rings. The molecule has 0 aliphatic rings. The van der Waals surface area contributed by atoms with Gasteiger partial charge in [0.1, 0.15) is 22.1 Å². The lowest BCUT2D eigenvalue weighted by atomic mass is 10.1. The zero-order chi connectivity index (χ0) is 17.7. The first-order valence-corrected chi connectivity index (χ1v) is 7.87. The van der Waals surface area contributed by atoms with Crippen molar-refractivity contribution in [1.29, 1.82) is 0 Å². The number of amides is 2. The van der Waals surface area contributed by atoms with E-state index in [2.05, 4.69) is 10.3 Å². The van der Waals surface area contributed by atoms with E-state index in [1.165, 1.54) is 10.9 Å². The number of aromatic nitrogens is 2. The Morgan fingerprint density at radius 3 is 2.58 bits per heavy atom. The molecule has 1 atom stereocenters. The number of carbonyl (C=O) groups excluding carboxylic acids is 2. The van der Waals surface area contributed by atoms with E-state index in [0.717, 1.165) is 6.42 Å². The molecule has 2 aromatic rings. The number of nitrogen functional groups attached to an aromatic ring is 1. The van der Waals surface area contributed by atoms with E-state index in [9.17, 15) is 9.59 Å². The molecule has 0 saturated carbocycles. The van der Waals surface area contributed by atoms with Crippen LogP contribution in [0.2, 0.25) is 0 Å². The smallest absolute Gasteiger partial charge is 0.255 e. The van der Waals surface area contributed by atoms with Crippen molar-refractivity contribution in [2.75, 3.05) is 12.3 Å². The van der Waals surface area contributed by atoms with Gasteiger partial charge in [0, 0.05) is 6.54 Å². The summed E-state index contributed by atoms with van der Waals surface area (Å²) in [5.74, 6) is -1.08. The Balaban J connectivity index is 2.60. The fourth-order valence-electron chi connectivity index (χ4n) is 2.31. The molecule has 0 aliphatic heterocycles. The van der Waals surface area contributed by atoms with Gasteiger partial charge in [0.25, 0.3) is 5.91 Å². The van der Waals surface area contributed by atoms with Crippen LogP contribution in [0.4, 0.5) is 5.82 Å². The van der Waals surface area contributed by atoms with E-state index in [1.807, 2.05) is 25.1 Å². The first-order chi connectivity index (χ1) is 11.5. The largest absolute Gasteiger partial charge is 0.383 e. The fourth-order valence-corrected chi connectivity index (χ4v) is 2.67. The average Bonchev–Trinajstić information content (AvgIpc) is 2.56. The first-order valence-electron chi connectivity index (χ1n) is 7.46. The van der Waals surface area contributed by atoms with E-state index in [1.54, 1.807) is 12.1 Å². The lowest BCUT2D eigenvalue weighted by molar-refractivity contribution is -0.123. The number of hydrogen-bond donors (Lipinski definition) is 3. The molecule has 5 N–H and O–H groups in total. The summed E-state index contributed by atoms with van der Waals surface area (Å²) < 4.78 is 1.52. The number of benzene rings is 1. The van der Waals surface area contributed by atoms with Crippen LogP contribution in [0.15, 0.2) is 36.7 Å². The zero-order valence-corrected chi connectivity index (χ0v) is 14.0. The van der Waals surface area contributed by atoms with Gasteiger partial charge in [-0.15, -0.1) is 0 Å². The second-order valence-corrected chi connectivity index (χ2v) is 5.57. The fraction of sp³-hybridized carbons (Fsp3) is 0.250. The summed E-state index contributed by atoms with van der Waals surface area (Å²) in [4.78, 5) is 28.2. The molecule has 0 aliphatic carbocycles. The monoisotopic (exact) mass is 345 g/mol. The molecule has 126 valence electrons. The molecule has 7 nitrogen and oxygen atoms in total. The Hall–Kier alpha value is -2.74. The van der Waals surface area contributed by atoms with Gasteiger partial charge in [-0.1, -0.05) is 49.5 Å². The van der Waals surface area contributed by atoms with Gasteiger partial charge >= 0.3 is 0 Å². The molecule has 1 aromatic carbocycles. The first kappa shape index (κ1) is 17.6. The number of nitrogens with one attached hydrogen (secondary N) is 1. The van der Waals surface area contributed by atoms with Crippen molar-refractivity contribution in [2.24, 2.45) is 5.73 Å². The van der Waals surface area contributed by atoms with E-state index in [-0.39, 0.29) is 21.9 Å². The Labute approximate surface area is 144 Å². The summed E-state index contributed by atoms with van der Waals surface area (Å²) >= 11 is 5.33. The van der Waals surface area contributed by atoms with Crippen molar-refractivity contribution in [2.45, 2.75) is 19.4 Å². The van der Waals surface area contributed by atoms with Crippen LogP contribution >= 0.6 is 12.2 Å². The topological polar surface area (TPSA) is 116 Å². The van der Waals surface area contributed by atoms with Crippen molar-refractivity contribution in [3.63, 3.8) is 0 Å². The lowest BCUT2D eigenvalue weighted by Crippen LogP contribution is -2.35. The Morgan fingerprint density at radius 1 is 1.33 bits per heavy atom. The summed E-state index contributed by atoms with van der Waals surface area (Å²) in [6, 6.07) is 8.32. The van der Waals surface area contributed by atoms with E-state index in [4.69, 9.17) is 23.7 Å². The van der Waals surface area contributed by atoms with Gasteiger partial charge in [-0.25, -0.2) is 4.98 Å². The number of carbonyl (C=O) groups is 2. The van der Waals surface area contributed by atoms with Crippen LogP contribution in [0.1, 0.15) is 35.3 Å². The molecule has 24 heavy (non-hydrogen) atoms. The number of rotatable bonds is 6. The van der Waals surface area contributed by atoms with Gasteiger partial charge in [-0.2, -0.15) is 0 Å². The lowest BCUT2D eigenvalue weighted by Gasteiger charge is -2.21. The second kappa shape index (κ2) is 7.69. The maximum absolute atomic E-state index is 12.7. The van der Waals surface area contributed by atoms with Crippen LogP contribution in [-0.2, 0) is 4.79 Å². The molecule has 2 amide bonds. The van der Waals surface area contributed by atoms with Crippen LogP contribution in [0.25, 0.3) is 0 Å². The van der Waals surface area contributed by atoms with Gasteiger partial charge in [0.2, 0.25) is 5.91 Å². The number of hydrogen-bond acceptors (Lipinski definition) is 5. The van der Waals surface area contributed by atoms with Crippen molar-refractivity contribution in [1.82, 2.24) is 14.9 Å². The zero-order valence-electron chi connectivity index (χ0n) is 13.2. The highest BCUT2D eigenvalue weighted by Crippen LogP contribution is 2.21. The molecule has 1 aromatic heterocycles. The molecule has 1 unspecified atom stereocenters. The molecule has 8 heteroatoms. The molecule has 2 rings (SSSR count). The minimum atomic E-state index is -0.778. The SMILES string of the molecule is CCCNC(=O)C(c1ccccc1)n1cnc(N)c(C(N)=O)c1=S. The van der Waals surface area contributed by atoms with E-state index < -0.39 is 11.9 Å². The minimum absolute atomic E-state index is 0.0514. The summed E-state index contributed by atoms with van der Waals surface area (Å²) in [5, 5.41) is 2.84. The van der Waals surface area contributed by atoms with Crippen LogP contribution in [0, 0.1) is 4.64 Å². The predicted molar refractivity (Wildman–Crippen MR) is 93.9 cm³/mol. The molecule has 1 heterocycles. The van der Waals surface area contributed by atoms with Gasteiger partial charge in [0.15, 0.2) is 0 Å². The number of nitrogens with zero attached hydrogens (tertiary/aromatic N) is 2. The summed E-state index contributed by atoms with van der Waals surface area (Å²) in [5.41, 5.74) is 11.7. The van der Waals surface area contributed by atoms with Gasteiger partial charge in [0.05, 0.1) is 6.33 Å². The Kier molecular flexibility index (Phi) is 5.64. The number of anilines is 1. The van der Waals surface area contributed by atoms with Gasteiger partial charge in [-0.05, 0) is 12.0 Å². The van der Waals surface area contributed by atoms with Crippen molar-refractivity contribution in [3.8, 4) is 0 Å². The minimum Gasteiger partial charge on any atom is -0.383 e. The third-order valence-corrected chi connectivity index (χ3v) is 3.88. The quantitative estimate of drug-likeness (QED) is 0.685. The van der Waals surface area contributed by atoms with Crippen LogP contribution in [-0.4, -0.2) is 27.9 Å². The van der Waals surface area contributed by atoms with Gasteiger partial charge in [-0.3, -0.25) is 9.59 Å². The predicted octanol–water partition coefficient (Wildman–Crippen LogP) is 1.41. The average molecular weight is 345 g/mol. The maximum Gasteiger partial charge on any atom is 0.255 e. The Morgan fingerprint density at radius 2 is 2.00 bits per heavy atom. The maximum atomic E-state index is 12.7. The van der Waals surface area contributed by atoms with Gasteiger partial charge < -0.3 is 21.4 Å². The highest BCUT2D eigenvalue weighted by atomic mass is 32.1. The summed E-state index contributed by atoms with van der Waals surface area (Å²) in [6.07, 6.45) is 2.15. The molecule has 0 saturated heterocycles. The summed E-state index contributed by atoms with van der Waals surface area (Å²) in [6.45, 7) is 2.49. The summed E-state index contributed by atoms with van der Waals surface area (Å²) in [7, 11) is 0. The highest BCUT2D eigenvalue weighted by molar-refractivity contribution is 7.71. The Bertz CT molecular complexity index is 804. The number of primary amides is 1. The number of nitrogens with two attached hydrogens (primary N) is 2. The standard InChI is InChI=1S/C16H19N5O2S/c1-2-8-19-15(23)12(10-6-4-3-5-7-10)21-9-20-13(17)11(14(18)22)16(21)24/h3-7,9,12H,2,8,17H2,1H3,(H2,18,22)(H,19,23). The van der Waals surface area contributed by atoms with Crippen molar-refractivity contribution >= 4 is 29.9 Å². The van der Waals surface area contributed by atoms with Crippen LogP contribution in [0.3, 0.4) is 0 Å². The van der Waals surface area contributed by atoms with Crippen molar-refractivity contribution in [3.05, 3.63) is 52.4 Å². The molecule has 0 radical (unpaired) electrons. The van der Waals surface area contributed by atoms with E-state index >= 15 is 0 Å².